The molecule has 0 radical (unpaired) electrons. The molecule has 1 aliphatic heterocycles. The first-order chi connectivity index (χ1) is 9.35. The van der Waals surface area contributed by atoms with Crippen molar-refractivity contribution in [2.24, 2.45) is 0 Å². The molecule has 0 aromatic rings. The lowest BCUT2D eigenvalue weighted by atomic mass is 10.00. The van der Waals surface area contributed by atoms with Crippen LogP contribution in [0.1, 0.15) is 26.2 Å². The number of nitrogens with zero attached hydrogens (tertiary/aromatic N) is 2. The van der Waals surface area contributed by atoms with E-state index in [1.807, 2.05) is 11.8 Å². The molecule has 1 fully saturated rings. The van der Waals surface area contributed by atoms with Crippen LogP contribution in [-0.4, -0.2) is 80.0 Å². The largest absolute Gasteiger partial charge is 0.389 e. The predicted octanol–water partition coefficient (Wildman–Crippen LogP) is 0.510. The van der Waals surface area contributed by atoms with Gasteiger partial charge in [-0.25, -0.2) is 4.79 Å². The predicted molar refractivity (Wildman–Crippen MR) is 78.8 cm³/mol. The highest BCUT2D eigenvalue weighted by Gasteiger charge is 2.26. The Morgan fingerprint density at radius 3 is 2.55 bits per heavy atom. The first-order valence-corrected chi connectivity index (χ1v) is 7.26. The van der Waals surface area contributed by atoms with Gasteiger partial charge in [-0.05, 0) is 19.8 Å². The summed E-state index contributed by atoms with van der Waals surface area (Å²) in [6, 6.07) is 0.450. The number of hydrogen-bond acceptors (Lipinski definition) is 4. The van der Waals surface area contributed by atoms with Crippen LogP contribution in [0.3, 0.4) is 0 Å². The van der Waals surface area contributed by atoms with Crippen molar-refractivity contribution in [1.29, 1.82) is 0 Å². The van der Waals surface area contributed by atoms with E-state index >= 15 is 0 Å². The van der Waals surface area contributed by atoms with Crippen molar-refractivity contribution in [2.45, 2.75) is 37.8 Å². The minimum Gasteiger partial charge on any atom is -0.389 e. The number of nitrogens with one attached hydrogen (secondary N) is 1. The average molecular weight is 287 g/mol. The molecule has 6 nitrogen and oxygen atoms in total. The summed E-state index contributed by atoms with van der Waals surface area (Å²) >= 11 is 0. The van der Waals surface area contributed by atoms with Gasteiger partial charge in [0.05, 0.1) is 5.60 Å². The average Bonchev–Trinajstić information content (AvgIpc) is 2.43. The molecule has 20 heavy (non-hydrogen) atoms. The molecule has 1 rings (SSSR count). The molecule has 2 N–H and O–H groups in total. The standard InChI is InChI=1S/C14H29N3O3/c1-14(19,7-10-20-4)11-15-12-5-8-17(9-6-12)13(18)16(2)3/h12,15,19H,5-11H2,1-4H3. The Bertz CT molecular complexity index is 300. The molecular weight excluding hydrogens is 258 g/mol. The number of urea groups is 1. The van der Waals surface area contributed by atoms with Gasteiger partial charge in [-0.3, -0.25) is 0 Å². The SMILES string of the molecule is COCCC(C)(O)CNC1CCN(C(=O)N(C)C)CC1. The zero-order valence-corrected chi connectivity index (χ0v) is 13.2. The van der Waals surface area contributed by atoms with Gasteiger partial charge in [0, 0.05) is 59.9 Å². The Kier molecular flexibility index (Phi) is 6.71. The molecule has 0 saturated carbocycles. The van der Waals surface area contributed by atoms with Crippen LogP contribution in [0.2, 0.25) is 0 Å². The summed E-state index contributed by atoms with van der Waals surface area (Å²) in [4.78, 5) is 15.3. The molecule has 6 heteroatoms. The summed E-state index contributed by atoms with van der Waals surface area (Å²) < 4.78 is 5.00. The first-order valence-electron chi connectivity index (χ1n) is 7.26. The number of aliphatic hydroxyl groups is 1. The van der Waals surface area contributed by atoms with Crippen LogP contribution < -0.4 is 5.32 Å². The number of carbonyl (C=O) groups excluding carboxylic acids is 1. The van der Waals surface area contributed by atoms with E-state index in [4.69, 9.17) is 4.74 Å². The molecule has 1 aliphatic rings. The molecule has 1 atom stereocenters. The van der Waals surface area contributed by atoms with Crippen LogP contribution in [0.15, 0.2) is 0 Å². The summed E-state index contributed by atoms with van der Waals surface area (Å²) in [5.74, 6) is 0. The molecular formula is C14H29N3O3. The van der Waals surface area contributed by atoms with E-state index in [1.54, 1.807) is 26.1 Å². The van der Waals surface area contributed by atoms with Crippen molar-refractivity contribution in [2.75, 3.05) is 47.4 Å². The summed E-state index contributed by atoms with van der Waals surface area (Å²) in [7, 11) is 5.19. The lowest BCUT2D eigenvalue weighted by molar-refractivity contribution is 0.0209. The van der Waals surface area contributed by atoms with Gasteiger partial charge in [0.2, 0.25) is 0 Å². The Balaban J connectivity index is 2.27. The highest BCUT2D eigenvalue weighted by Crippen LogP contribution is 2.14. The molecule has 1 heterocycles. The van der Waals surface area contributed by atoms with Gasteiger partial charge >= 0.3 is 6.03 Å². The van der Waals surface area contributed by atoms with E-state index in [2.05, 4.69) is 5.32 Å². The lowest BCUT2D eigenvalue weighted by Crippen LogP contribution is -2.50. The quantitative estimate of drug-likeness (QED) is 0.747. The zero-order valence-electron chi connectivity index (χ0n) is 13.2. The molecule has 0 spiro atoms. The third kappa shape index (κ3) is 5.64. The van der Waals surface area contributed by atoms with Gasteiger partial charge in [0.25, 0.3) is 0 Å². The van der Waals surface area contributed by atoms with Crippen molar-refractivity contribution < 1.29 is 14.6 Å². The number of carbonyl (C=O) groups is 1. The first kappa shape index (κ1) is 17.2. The van der Waals surface area contributed by atoms with E-state index in [1.165, 1.54) is 0 Å². The van der Waals surface area contributed by atoms with E-state index in [0.717, 1.165) is 25.9 Å². The molecule has 0 bridgehead atoms. The van der Waals surface area contributed by atoms with Gasteiger partial charge in [-0.2, -0.15) is 0 Å². The smallest absolute Gasteiger partial charge is 0.319 e. The number of piperidine rings is 1. The fraction of sp³-hybridized carbons (Fsp3) is 0.929. The molecule has 0 aliphatic carbocycles. The Labute approximate surface area is 122 Å². The second-order valence-corrected chi connectivity index (χ2v) is 6.06. The van der Waals surface area contributed by atoms with Crippen LogP contribution in [0, 0.1) is 0 Å². The van der Waals surface area contributed by atoms with Crippen molar-refractivity contribution in [3.63, 3.8) is 0 Å². The number of ether oxygens (including phenoxy) is 1. The van der Waals surface area contributed by atoms with Gasteiger partial charge in [-0.15, -0.1) is 0 Å². The molecule has 0 aromatic heterocycles. The van der Waals surface area contributed by atoms with Crippen LogP contribution in [0.5, 0.6) is 0 Å². The zero-order chi connectivity index (χ0) is 15.2. The fourth-order valence-corrected chi connectivity index (χ4v) is 2.33. The summed E-state index contributed by atoms with van der Waals surface area (Å²) in [6.07, 6.45) is 2.48. The maximum absolute atomic E-state index is 11.8. The second-order valence-electron chi connectivity index (χ2n) is 6.06. The van der Waals surface area contributed by atoms with Gasteiger partial charge in [0.1, 0.15) is 0 Å². The topological polar surface area (TPSA) is 65.0 Å². The van der Waals surface area contributed by atoms with Crippen LogP contribution in [-0.2, 0) is 4.74 Å². The number of rotatable bonds is 6. The van der Waals surface area contributed by atoms with Crippen LogP contribution >= 0.6 is 0 Å². The maximum atomic E-state index is 11.8. The van der Waals surface area contributed by atoms with Crippen molar-refractivity contribution in [3.05, 3.63) is 0 Å². The number of hydrogen-bond donors (Lipinski definition) is 2. The summed E-state index contributed by atoms with van der Waals surface area (Å²) in [6.45, 7) is 4.49. The van der Waals surface area contributed by atoms with Crippen molar-refractivity contribution >= 4 is 6.03 Å². The van der Waals surface area contributed by atoms with E-state index in [9.17, 15) is 9.90 Å². The minimum absolute atomic E-state index is 0.0792. The molecule has 2 amide bonds. The lowest BCUT2D eigenvalue weighted by Gasteiger charge is -2.35. The number of likely N-dealkylation sites (tertiary alicyclic amines) is 1. The normalized spacial score (nSPS) is 19.8. The highest BCUT2D eigenvalue weighted by molar-refractivity contribution is 5.73. The highest BCUT2D eigenvalue weighted by atomic mass is 16.5. The van der Waals surface area contributed by atoms with Gasteiger partial charge in [0.15, 0.2) is 0 Å². The minimum atomic E-state index is -0.743. The third-order valence-electron chi connectivity index (χ3n) is 3.76. The van der Waals surface area contributed by atoms with Crippen LogP contribution in [0.4, 0.5) is 4.79 Å². The van der Waals surface area contributed by atoms with Gasteiger partial charge in [-0.1, -0.05) is 0 Å². The molecule has 0 aromatic carbocycles. The Hall–Kier alpha value is -0.850. The molecule has 1 saturated heterocycles. The fourth-order valence-electron chi connectivity index (χ4n) is 2.33. The summed E-state index contributed by atoms with van der Waals surface area (Å²) in [5.41, 5.74) is -0.743. The second kappa shape index (κ2) is 7.81. The van der Waals surface area contributed by atoms with E-state index < -0.39 is 5.60 Å². The number of amides is 2. The third-order valence-corrected chi connectivity index (χ3v) is 3.76. The molecule has 1 unspecified atom stereocenters. The summed E-state index contributed by atoms with van der Waals surface area (Å²) in [5, 5.41) is 13.6. The van der Waals surface area contributed by atoms with Crippen molar-refractivity contribution in [1.82, 2.24) is 15.1 Å². The Morgan fingerprint density at radius 2 is 2.05 bits per heavy atom. The molecule has 118 valence electrons. The van der Waals surface area contributed by atoms with Crippen LogP contribution in [0.25, 0.3) is 0 Å². The maximum Gasteiger partial charge on any atom is 0.319 e. The Morgan fingerprint density at radius 1 is 1.45 bits per heavy atom. The van der Waals surface area contributed by atoms with Gasteiger partial charge < -0.3 is 25.0 Å². The van der Waals surface area contributed by atoms with E-state index in [-0.39, 0.29) is 6.03 Å². The van der Waals surface area contributed by atoms with Crippen molar-refractivity contribution in [3.8, 4) is 0 Å². The van der Waals surface area contributed by atoms with E-state index in [0.29, 0.717) is 25.6 Å². The number of methoxy groups -OCH3 is 1. The monoisotopic (exact) mass is 287 g/mol.